The number of carbonyl (C=O) groups excluding carboxylic acids is 1. The first-order valence-corrected chi connectivity index (χ1v) is 4.91. The van der Waals surface area contributed by atoms with Crippen molar-refractivity contribution in [1.82, 2.24) is 0 Å². The van der Waals surface area contributed by atoms with Crippen LogP contribution in [-0.2, 0) is 4.79 Å². The lowest BCUT2D eigenvalue weighted by Gasteiger charge is -2.08. The van der Waals surface area contributed by atoms with Gasteiger partial charge < -0.3 is 0 Å². The van der Waals surface area contributed by atoms with Crippen molar-refractivity contribution < 1.29 is 13.6 Å². The average Bonchev–Trinajstić information content (AvgIpc) is 1.83. The summed E-state index contributed by atoms with van der Waals surface area (Å²) in [6.07, 6.45) is 1.10. The maximum absolute atomic E-state index is 12.2. The Morgan fingerprint density at radius 2 is 2.00 bits per heavy atom. The monoisotopic (exact) mass is 196 g/mol. The van der Waals surface area contributed by atoms with Crippen molar-refractivity contribution in [3.05, 3.63) is 0 Å². The molecule has 0 aliphatic heterocycles. The highest BCUT2D eigenvalue weighted by Crippen LogP contribution is 2.20. The fourth-order valence-corrected chi connectivity index (χ4v) is 1.39. The second-order valence-electron chi connectivity index (χ2n) is 2.87. The highest BCUT2D eigenvalue weighted by Gasteiger charge is 2.19. The molecule has 0 unspecified atom stereocenters. The molecule has 0 spiro atoms. The Balaban J connectivity index is 3.17. The predicted octanol–water partition coefficient (Wildman–Crippen LogP) is 3.09. The second kappa shape index (κ2) is 5.51. The van der Waals surface area contributed by atoms with E-state index in [2.05, 4.69) is 0 Å². The van der Waals surface area contributed by atoms with Gasteiger partial charge in [0.2, 0.25) is 5.92 Å². The Labute approximate surface area is 75.9 Å². The van der Waals surface area contributed by atoms with Crippen molar-refractivity contribution in [3.8, 4) is 0 Å². The van der Waals surface area contributed by atoms with Gasteiger partial charge in [0.25, 0.3) is 0 Å². The standard InChI is InChI=1S/C8H14F2OS/c1-7(11)12-6-4-3-5-8(2,9)10/h3-6H2,1-2H3. The van der Waals surface area contributed by atoms with Gasteiger partial charge in [-0.2, -0.15) is 0 Å². The third kappa shape index (κ3) is 9.88. The van der Waals surface area contributed by atoms with E-state index in [-0.39, 0.29) is 11.5 Å². The minimum Gasteiger partial charge on any atom is -0.288 e. The van der Waals surface area contributed by atoms with Gasteiger partial charge in [-0.25, -0.2) is 8.78 Å². The molecule has 0 saturated heterocycles. The van der Waals surface area contributed by atoms with E-state index in [0.29, 0.717) is 18.6 Å². The van der Waals surface area contributed by atoms with E-state index >= 15 is 0 Å². The summed E-state index contributed by atoms with van der Waals surface area (Å²) in [4.78, 5) is 10.4. The molecular formula is C8H14F2OS. The first-order valence-electron chi connectivity index (χ1n) is 3.93. The van der Waals surface area contributed by atoms with Crippen LogP contribution in [-0.4, -0.2) is 16.8 Å². The van der Waals surface area contributed by atoms with E-state index < -0.39 is 5.92 Å². The smallest absolute Gasteiger partial charge is 0.245 e. The molecule has 0 rings (SSSR count). The lowest BCUT2D eigenvalue weighted by molar-refractivity contribution is -0.109. The van der Waals surface area contributed by atoms with Gasteiger partial charge >= 0.3 is 0 Å². The van der Waals surface area contributed by atoms with Crippen LogP contribution in [0.15, 0.2) is 0 Å². The minimum absolute atomic E-state index is 0.0539. The molecule has 0 radical (unpaired) electrons. The number of halogens is 2. The molecule has 72 valence electrons. The first-order chi connectivity index (χ1) is 5.42. The highest BCUT2D eigenvalue weighted by atomic mass is 32.2. The molecular weight excluding hydrogens is 182 g/mol. The lowest BCUT2D eigenvalue weighted by atomic mass is 10.2. The fraction of sp³-hybridized carbons (Fsp3) is 0.875. The third-order valence-corrected chi connectivity index (χ3v) is 2.21. The molecule has 0 N–H and O–H groups in total. The van der Waals surface area contributed by atoms with Crippen LogP contribution in [0.3, 0.4) is 0 Å². The van der Waals surface area contributed by atoms with Crippen molar-refractivity contribution in [2.75, 3.05) is 5.75 Å². The van der Waals surface area contributed by atoms with Gasteiger partial charge in [0.1, 0.15) is 0 Å². The number of hydrogen-bond acceptors (Lipinski definition) is 2. The molecule has 0 aromatic rings. The molecule has 0 aliphatic carbocycles. The van der Waals surface area contributed by atoms with Crippen molar-refractivity contribution in [2.45, 2.75) is 39.0 Å². The largest absolute Gasteiger partial charge is 0.288 e. The number of alkyl halides is 2. The number of hydrogen-bond donors (Lipinski definition) is 0. The van der Waals surface area contributed by atoms with Crippen LogP contribution in [0, 0.1) is 0 Å². The van der Waals surface area contributed by atoms with E-state index in [4.69, 9.17) is 0 Å². The van der Waals surface area contributed by atoms with Gasteiger partial charge in [-0.05, 0) is 19.8 Å². The maximum atomic E-state index is 12.2. The van der Waals surface area contributed by atoms with Crippen LogP contribution in [0.5, 0.6) is 0 Å². The summed E-state index contributed by atoms with van der Waals surface area (Å²) in [7, 11) is 0. The fourth-order valence-electron chi connectivity index (χ4n) is 0.753. The topological polar surface area (TPSA) is 17.1 Å². The van der Waals surface area contributed by atoms with Gasteiger partial charge in [0, 0.05) is 19.1 Å². The molecule has 1 nitrogen and oxygen atoms in total. The Morgan fingerprint density at radius 1 is 1.42 bits per heavy atom. The van der Waals surface area contributed by atoms with Crippen LogP contribution < -0.4 is 0 Å². The summed E-state index contributed by atoms with van der Waals surface area (Å²) in [5.74, 6) is -1.90. The first kappa shape index (κ1) is 11.9. The molecule has 0 heterocycles. The molecule has 4 heteroatoms. The number of rotatable bonds is 5. The molecule has 0 atom stereocenters. The quantitative estimate of drug-likeness (QED) is 0.628. The maximum Gasteiger partial charge on any atom is 0.245 e. The molecule has 12 heavy (non-hydrogen) atoms. The zero-order valence-electron chi connectivity index (χ0n) is 7.40. The summed E-state index contributed by atoms with van der Waals surface area (Å²) in [6, 6.07) is 0. The molecule has 0 aromatic carbocycles. The van der Waals surface area contributed by atoms with Crippen LogP contribution in [0.1, 0.15) is 33.1 Å². The van der Waals surface area contributed by atoms with Crippen LogP contribution in [0.25, 0.3) is 0 Å². The minimum atomic E-state index is -2.55. The number of unbranched alkanes of at least 4 members (excludes halogenated alkanes) is 1. The predicted molar refractivity (Wildman–Crippen MR) is 47.6 cm³/mol. The van der Waals surface area contributed by atoms with Gasteiger partial charge in [-0.1, -0.05) is 11.8 Å². The summed E-state index contributed by atoms with van der Waals surface area (Å²) >= 11 is 1.20. The van der Waals surface area contributed by atoms with Gasteiger partial charge in [-0.15, -0.1) is 0 Å². The zero-order chi connectivity index (χ0) is 9.61. The Hall–Kier alpha value is -0.120. The van der Waals surface area contributed by atoms with Crippen molar-refractivity contribution >= 4 is 16.9 Å². The SMILES string of the molecule is CC(=O)SCCCCC(C)(F)F. The number of thioether (sulfide) groups is 1. The van der Waals surface area contributed by atoms with E-state index in [9.17, 15) is 13.6 Å². The summed E-state index contributed by atoms with van der Waals surface area (Å²) in [5, 5.41) is 0.0539. The Kier molecular flexibility index (Phi) is 5.46. The molecule has 0 aliphatic rings. The summed E-state index contributed by atoms with van der Waals surface area (Å²) < 4.78 is 24.5. The highest BCUT2D eigenvalue weighted by molar-refractivity contribution is 8.13. The molecule has 0 fully saturated rings. The Bertz CT molecular complexity index is 142. The lowest BCUT2D eigenvalue weighted by Crippen LogP contribution is -2.08. The van der Waals surface area contributed by atoms with E-state index in [0.717, 1.165) is 6.92 Å². The molecule has 0 aromatic heterocycles. The van der Waals surface area contributed by atoms with Crippen LogP contribution >= 0.6 is 11.8 Å². The Morgan fingerprint density at radius 3 is 2.42 bits per heavy atom. The van der Waals surface area contributed by atoms with Crippen molar-refractivity contribution in [1.29, 1.82) is 0 Å². The second-order valence-corrected chi connectivity index (χ2v) is 4.14. The van der Waals surface area contributed by atoms with Crippen LogP contribution in [0.4, 0.5) is 8.78 Å². The van der Waals surface area contributed by atoms with Crippen molar-refractivity contribution in [3.63, 3.8) is 0 Å². The van der Waals surface area contributed by atoms with Crippen LogP contribution in [0.2, 0.25) is 0 Å². The van der Waals surface area contributed by atoms with Gasteiger partial charge in [0.05, 0.1) is 0 Å². The van der Waals surface area contributed by atoms with E-state index in [1.807, 2.05) is 0 Å². The number of carbonyl (C=O) groups is 1. The molecule has 0 saturated carbocycles. The molecule has 0 amide bonds. The van der Waals surface area contributed by atoms with E-state index in [1.54, 1.807) is 0 Å². The molecule has 0 bridgehead atoms. The van der Waals surface area contributed by atoms with E-state index in [1.165, 1.54) is 18.7 Å². The zero-order valence-corrected chi connectivity index (χ0v) is 8.22. The summed E-state index contributed by atoms with van der Waals surface area (Å²) in [6.45, 7) is 2.41. The van der Waals surface area contributed by atoms with Gasteiger partial charge in [-0.3, -0.25) is 4.79 Å². The summed E-state index contributed by atoms with van der Waals surface area (Å²) in [5.41, 5.74) is 0. The third-order valence-electron chi connectivity index (χ3n) is 1.32. The van der Waals surface area contributed by atoms with Crippen molar-refractivity contribution in [2.24, 2.45) is 0 Å². The average molecular weight is 196 g/mol. The van der Waals surface area contributed by atoms with Gasteiger partial charge in [0.15, 0.2) is 5.12 Å². The normalized spacial score (nSPS) is 11.7.